The SMILES string of the molecule is CC1C(N)CCC1Cc1ccc(OC(F)(F)F)cc1. The van der Waals surface area contributed by atoms with Crippen LogP contribution in [0, 0.1) is 11.8 Å². The smallest absolute Gasteiger partial charge is 0.406 e. The average Bonchev–Trinajstić information content (AvgIpc) is 2.62. The largest absolute Gasteiger partial charge is 0.573 e. The van der Waals surface area contributed by atoms with E-state index in [1.807, 2.05) is 0 Å². The maximum absolute atomic E-state index is 12.0. The van der Waals surface area contributed by atoms with Gasteiger partial charge in [0.1, 0.15) is 5.75 Å². The van der Waals surface area contributed by atoms with E-state index >= 15 is 0 Å². The molecule has 0 spiro atoms. The predicted octanol–water partition coefficient (Wildman–Crippen LogP) is 3.50. The Morgan fingerprint density at radius 3 is 2.32 bits per heavy atom. The summed E-state index contributed by atoms with van der Waals surface area (Å²) in [5.41, 5.74) is 7.00. The Morgan fingerprint density at radius 1 is 1.21 bits per heavy atom. The van der Waals surface area contributed by atoms with E-state index in [1.54, 1.807) is 12.1 Å². The van der Waals surface area contributed by atoms with Crippen LogP contribution in [0.25, 0.3) is 0 Å². The molecule has 5 heteroatoms. The Hall–Kier alpha value is -1.23. The van der Waals surface area contributed by atoms with Gasteiger partial charge in [0.15, 0.2) is 0 Å². The molecule has 2 rings (SSSR count). The predicted molar refractivity (Wildman–Crippen MR) is 66.7 cm³/mol. The topological polar surface area (TPSA) is 35.2 Å². The molecule has 1 saturated carbocycles. The van der Waals surface area contributed by atoms with Crippen molar-refractivity contribution in [3.8, 4) is 5.75 Å². The zero-order valence-corrected chi connectivity index (χ0v) is 10.8. The molecule has 0 aromatic heterocycles. The molecule has 1 aliphatic carbocycles. The highest BCUT2D eigenvalue weighted by Crippen LogP contribution is 2.33. The van der Waals surface area contributed by atoms with Gasteiger partial charge < -0.3 is 10.5 Å². The number of benzene rings is 1. The molecular weight excluding hydrogens is 255 g/mol. The molecule has 3 atom stereocenters. The van der Waals surface area contributed by atoms with E-state index in [0.29, 0.717) is 11.8 Å². The Kier molecular flexibility index (Phi) is 4.04. The fraction of sp³-hybridized carbons (Fsp3) is 0.571. The van der Waals surface area contributed by atoms with E-state index in [1.165, 1.54) is 12.1 Å². The maximum Gasteiger partial charge on any atom is 0.573 e. The molecule has 0 amide bonds. The van der Waals surface area contributed by atoms with Crippen molar-refractivity contribution in [2.45, 2.75) is 38.6 Å². The van der Waals surface area contributed by atoms with Crippen molar-refractivity contribution in [3.05, 3.63) is 29.8 Å². The second-order valence-electron chi connectivity index (χ2n) is 5.26. The standard InChI is InChI=1S/C14H18F3NO/c1-9-11(4-7-13(9)18)8-10-2-5-12(6-3-10)19-14(15,16)17/h2-3,5-6,9,11,13H,4,7-8,18H2,1H3. The lowest BCUT2D eigenvalue weighted by molar-refractivity contribution is -0.274. The monoisotopic (exact) mass is 273 g/mol. The summed E-state index contributed by atoms with van der Waals surface area (Å²) in [7, 11) is 0. The lowest BCUT2D eigenvalue weighted by Crippen LogP contribution is -2.25. The van der Waals surface area contributed by atoms with E-state index in [-0.39, 0.29) is 11.8 Å². The average molecular weight is 273 g/mol. The lowest BCUT2D eigenvalue weighted by Gasteiger charge is -2.18. The minimum Gasteiger partial charge on any atom is -0.406 e. The fourth-order valence-electron chi connectivity index (χ4n) is 2.70. The van der Waals surface area contributed by atoms with Crippen molar-refractivity contribution in [2.75, 3.05) is 0 Å². The van der Waals surface area contributed by atoms with Crippen LogP contribution in [-0.4, -0.2) is 12.4 Å². The zero-order chi connectivity index (χ0) is 14.0. The van der Waals surface area contributed by atoms with Gasteiger partial charge in [-0.3, -0.25) is 0 Å². The van der Waals surface area contributed by atoms with E-state index in [4.69, 9.17) is 5.73 Å². The number of hydrogen-bond acceptors (Lipinski definition) is 2. The highest BCUT2D eigenvalue weighted by Gasteiger charge is 2.31. The third-order valence-corrected chi connectivity index (χ3v) is 3.94. The van der Waals surface area contributed by atoms with Crippen LogP contribution in [0.15, 0.2) is 24.3 Å². The first kappa shape index (κ1) is 14.2. The summed E-state index contributed by atoms with van der Waals surface area (Å²) in [6, 6.07) is 6.36. The number of nitrogens with two attached hydrogens (primary N) is 1. The van der Waals surface area contributed by atoms with Crippen LogP contribution in [-0.2, 0) is 6.42 Å². The second-order valence-corrected chi connectivity index (χ2v) is 5.26. The molecule has 0 aliphatic heterocycles. The molecule has 0 bridgehead atoms. The molecule has 1 aromatic carbocycles. The van der Waals surface area contributed by atoms with Crippen molar-refractivity contribution >= 4 is 0 Å². The Morgan fingerprint density at radius 2 is 1.84 bits per heavy atom. The lowest BCUT2D eigenvalue weighted by atomic mass is 9.90. The first-order chi connectivity index (χ1) is 8.85. The molecule has 0 heterocycles. The Bertz CT molecular complexity index is 416. The minimum absolute atomic E-state index is 0.174. The molecular formula is C14H18F3NO. The van der Waals surface area contributed by atoms with Crippen LogP contribution < -0.4 is 10.5 Å². The van der Waals surface area contributed by atoms with E-state index in [9.17, 15) is 13.2 Å². The Labute approximate surface area is 110 Å². The molecule has 19 heavy (non-hydrogen) atoms. The summed E-state index contributed by atoms with van der Waals surface area (Å²) in [6.07, 6.45) is -1.65. The summed E-state index contributed by atoms with van der Waals surface area (Å²) in [5, 5.41) is 0. The van der Waals surface area contributed by atoms with Crippen LogP contribution in [0.3, 0.4) is 0 Å². The zero-order valence-electron chi connectivity index (χ0n) is 10.8. The summed E-state index contributed by atoms with van der Waals surface area (Å²) in [5.74, 6) is 0.808. The third kappa shape index (κ3) is 3.86. The van der Waals surface area contributed by atoms with Crippen molar-refractivity contribution in [3.63, 3.8) is 0 Å². The van der Waals surface area contributed by atoms with Crippen LogP contribution in [0.1, 0.15) is 25.3 Å². The third-order valence-electron chi connectivity index (χ3n) is 3.94. The van der Waals surface area contributed by atoms with Crippen molar-refractivity contribution in [1.82, 2.24) is 0 Å². The molecule has 3 unspecified atom stereocenters. The van der Waals surface area contributed by atoms with Gasteiger partial charge in [-0.2, -0.15) is 0 Å². The molecule has 2 nitrogen and oxygen atoms in total. The second kappa shape index (κ2) is 5.41. The summed E-state index contributed by atoms with van der Waals surface area (Å²) >= 11 is 0. The molecule has 0 saturated heterocycles. The van der Waals surface area contributed by atoms with Gasteiger partial charge in [0.2, 0.25) is 0 Å². The van der Waals surface area contributed by atoms with Crippen molar-refractivity contribution in [2.24, 2.45) is 17.6 Å². The highest BCUT2D eigenvalue weighted by molar-refractivity contribution is 5.27. The van der Waals surface area contributed by atoms with Gasteiger partial charge in [-0.05, 0) is 48.8 Å². The van der Waals surface area contributed by atoms with E-state index < -0.39 is 6.36 Å². The van der Waals surface area contributed by atoms with Crippen LogP contribution in [0.5, 0.6) is 5.75 Å². The molecule has 1 aliphatic rings. The summed E-state index contributed by atoms with van der Waals surface area (Å²) < 4.78 is 39.9. The summed E-state index contributed by atoms with van der Waals surface area (Å²) in [6.45, 7) is 2.14. The first-order valence-corrected chi connectivity index (χ1v) is 6.45. The molecule has 1 aromatic rings. The number of hydrogen-bond donors (Lipinski definition) is 1. The maximum atomic E-state index is 12.0. The minimum atomic E-state index is -4.63. The van der Waals surface area contributed by atoms with Gasteiger partial charge in [-0.25, -0.2) is 0 Å². The highest BCUT2D eigenvalue weighted by atomic mass is 19.4. The van der Waals surface area contributed by atoms with Gasteiger partial charge in [-0.15, -0.1) is 13.2 Å². The Balaban J connectivity index is 1.96. The first-order valence-electron chi connectivity index (χ1n) is 6.45. The van der Waals surface area contributed by atoms with Gasteiger partial charge in [-0.1, -0.05) is 19.1 Å². The van der Waals surface area contributed by atoms with Crippen molar-refractivity contribution in [1.29, 1.82) is 0 Å². The van der Waals surface area contributed by atoms with Crippen LogP contribution >= 0.6 is 0 Å². The van der Waals surface area contributed by atoms with Gasteiger partial charge in [0.25, 0.3) is 0 Å². The van der Waals surface area contributed by atoms with E-state index in [0.717, 1.165) is 24.8 Å². The van der Waals surface area contributed by atoms with Crippen LogP contribution in [0.4, 0.5) is 13.2 Å². The number of alkyl halides is 3. The van der Waals surface area contributed by atoms with Gasteiger partial charge in [0, 0.05) is 6.04 Å². The van der Waals surface area contributed by atoms with Crippen molar-refractivity contribution < 1.29 is 17.9 Å². The number of halogens is 3. The molecule has 1 fully saturated rings. The summed E-state index contributed by atoms with van der Waals surface area (Å²) in [4.78, 5) is 0. The normalized spacial score (nSPS) is 27.5. The number of ether oxygens (including phenoxy) is 1. The quantitative estimate of drug-likeness (QED) is 0.914. The van der Waals surface area contributed by atoms with Gasteiger partial charge in [0.05, 0.1) is 0 Å². The van der Waals surface area contributed by atoms with Gasteiger partial charge >= 0.3 is 6.36 Å². The van der Waals surface area contributed by atoms with Crippen LogP contribution in [0.2, 0.25) is 0 Å². The van der Waals surface area contributed by atoms with E-state index in [2.05, 4.69) is 11.7 Å². The molecule has 0 radical (unpaired) electrons. The number of rotatable bonds is 3. The fourth-order valence-corrected chi connectivity index (χ4v) is 2.70. The molecule has 2 N–H and O–H groups in total. The molecule has 106 valence electrons.